The Morgan fingerprint density at radius 3 is 2.50 bits per heavy atom. The lowest BCUT2D eigenvalue weighted by atomic mass is 10.2. The third-order valence-electron chi connectivity index (χ3n) is 3.56. The van der Waals surface area contributed by atoms with Crippen molar-refractivity contribution >= 4 is 11.6 Å². The van der Waals surface area contributed by atoms with Gasteiger partial charge in [-0.2, -0.15) is 0 Å². The van der Waals surface area contributed by atoms with E-state index in [4.69, 9.17) is 16.3 Å². The SMILES string of the molecule is Clc1ccccc1CN1C=CC(OCc2ccccc2)=CC1. The highest BCUT2D eigenvalue weighted by atomic mass is 35.5. The summed E-state index contributed by atoms with van der Waals surface area (Å²) in [5.74, 6) is 0.916. The number of halogens is 1. The molecule has 0 bridgehead atoms. The molecular weight excluding hydrogens is 294 g/mol. The quantitative estimate of drug-likeness (QED) is 0.788. The van der Waals surface area contributed by atoms with Crippen molar-refractivity contribution in [3.05, 3.63) is 94.9 Å². The summed E-state index contributed by atoms with van der Waals surface area (Å²) in [6.07, 6.45) is 6.16. The van der Waals surface area contributed by atoms with Gasteiger partial charge in [-0.15, -0.1) is 0 Å². The van der Waals surface area contributed by atoms with Gasteiger partial charge in [0.25, 0.3) is 0 Å². The van der Waals surface area contributed by atoms with Crippen LogP contribution < -0.4 is 0 Å². The topological polar surface area (TPSA) is 12.5 Å². The van der Waals surface area contributed by atoms with Crippen LogP contribution in [0.4, 0.5) is 0 Å². The lowest BCUT2D eigenvalue weighted by Gasteiger charge is -2.23. The van der Waals surface area contributed by atoms with Crippen LogP contribution in [0.5, 0.6) is 0 Å². The molecule has 1 aliphatic heterocycles. The second kappa shape index (κ2) is 7.19. The molecule has 1 aliphatic rings. The predicted molar refractivity (Wildman–Crippen MR) is 90.3 cm³/mol. The van der Waals surface area contributed by atoms with E-state index in [0.717, 1.165) is 29.4 Å². The van der Waals surface area contributed by atoms with Gasteiger partial charge in [-0.25, -0.2) is 0 Å². The molecule has 2 nitrogen and oxygen atoms in total. The van der Waals surface area contributed by atoms with Gasteiger partial charge in [0.1, 0.15) is 12.4 Å². The third kappa shape index (κ3) is 3.92. The van der Waals surface area contributed by atoms with Crippen LogP contribution in [-0.2, 0) is 17.9 Å². The summed E-state index contributed by atoms with van der Waals surface area (Å²) in [5, 5.41) is 0.811. The lowest BCUT2D eigenvalue weighted by Crippen LogP contribution is -2.20. The minimum absolute atomic E-state index is 0.599. The predicted octanol–water partition coefficient (Wildman–Crippen LogP) is 4.77. The van der Waals surface area contributed by atoms with E-state index < -0.39 is 0 Å². The Bertz CT molecular complexity index is 679. The maximum absolute atomic E-state index is 6.20. The van der Waals surface area contributed by atoms with Crippen LogP contribution in [0.25, 0.3) is 0 Å². The van der Waals surface area contributed by atoms with E-state index in [-0.39, 0.29) is 0 Å². The standard InChI is InChI=1S/C19H18ClNO/c20-19-9-5-4-8-17(19)14-21-12-10-18(11-13-21)22-15-16-6-2-1-3-7-16/h1-12H,13-15H2. The first kappa shape index (κ1) is 14.7. The summed E-state index contributed by atoms with van der Waals surface area (Å²) in [7, 11) is 0. The van der Waals surface area contributed by atoms with Crippen LogP contribution >= 0.6 is 11.6 Å². The molecule has 0 saturated carbocycles. The summed E-state index contributed by atoms with van der Waals surface area (Å²) >= 11 is 6.20. The number of ether oxygens (including phenoxy) is 1. The first-order chi connectivity index (χ1) is 10.8. The van der Waals surface area contributed by atoms with Crippen molar-refractivity contribution in [1.82, 2.24) is 4.90 Å². The van der Waals surface area contributed by atoms with Crippen LogP contribution in [0.15, 0.2) is 78.7 Å². The molecular formula is C19H18ClNO. The first-order valence-electron chi connectivity index (χ1n) is 7.34. The van der Waals surface area contributed by atoms with Gasteiger partial charge in [0, 0.05) is 24.3 Å². The zero-order valence-corrected chi connectivity index (χ0v) is 13.0. The number of nitrogens with zero attached hydrogens (tertiary/aromatic N) is 1. The summed E-state index contributed by atoms with van der Waals surface area (Å²) < 4.78 is 5.81. The summed E-state index contributed by atoms with van der Waals surface area (Å²) in [4.78, 5) is 2.20. The normalized spacial score (nSPS) is 13.9. The highest BCUT2D eigenvalue weighted by Crippen LogP contribution is 2.19. The summed E-state index contributed by atoms with van der Waals surface area (Å²) in [5.41, 5.74) is 2.31. The Morgan fingerprint density at radius 1 is 1.00 bits per heavy atom. The van der Waals surface area contributed by atoms with Crippen molar-refractivity contribution in [2.24, 2.45) is 0 Å². The van der Waals surface area contributed by atoms with Gasteiger partial charge < -0.3 is 9.64 Å². The summed E-state index contributed by atoms with van der Waals surface area (Å²) in [6, 6.07) is 18.1. The molecule has 0 amide bonds. The van der Waals surface area contributed by atoms with Crippen molar-refractivity contribution in [2.45, 2.75) is 13.2 Å². The van der Waals surface area contributed by atoms with E-state index in [2.05, 4.69) is 35.4 Å². The zero-order chi connectivity index (χ0) is 15.2. The maximum Gasteiger partial charge on any atom is 0.119 e. The molecule has 3 heteroatoms. The van der Waals surface area contributed by atoms with E-state index in [1.807, 2.05) is 42.5 Å². The van der Waals surface area contributed by atoms with Crippen LogP contribution in [-0.4, -0.2) is 11.4 Å². The molecule has 3 rings (SSSR count). The van der Waals surface area contributed by atoms with E-state index in [1.54, 1.807) is 0 Å². The second-order valence-electron chi connectivity index (χ2n) is 5.22. The number of allylic oxidation sites excluding steroid dienone is 1. The van der Waals surface area contributed by atoms with Gasteiger partial charge in [0.2, 0.25) is 0 Å². The Balaban J connectivity index is 1.52. The summed E-state index contributed by atoms with van der Waals surface area (Å²) in [6.45, 7) is 2.23. The molecule has 2 aromatic carbocycles. The van der Waals surface area contributed by atoms with E-state index in [1.165, 1.54) is 5.56 Å². The molecule has 0 fully saturated rings. The van der Waals surface area contributed by atoms with Gasteiger partial charge in [0.05, 0.1) is 0 Å². The molecule has 0 atom stereocenters. The number of hydrogen-bond donors (Lipinski definition) is 0. The Morgan fingerprint density at radius 2 is 1.77 bits per heavy atom. The maximum atomic E-state index is 6.20. The van der Waals surface area contributed by atoms with Crippen molar-refractivity contribution < 1.29 is 4.74 Å². The number of hydrogen-bond acceptors (Lipinski definition) is 2. The van der Waals surface area contributed by atoms with Crippen molar-refractivity contribution in [1.29, 1.82) is 0 Å². The monoisotopic (exact) mass is 311 g/mol. The van der Waals surface area contributed by atoms with Gasteiger partial charge in [0.15, 0.2) is 0 Å². The second-order valence-corrected chi connectivity index (χ2v) is 5.62. The highest BCUT2D eigenvalue weighted by molar-refractivity contribution is 6.31. The fourth-order valence-electron chi connectivity index (χ4n) is 2.33. The molecule has 0 N–H and O–H groups in total. The van der Waals surface area contributed by atoms with Gasteiger partial charge >= 0.3 is 0 Å². The Labute approximate surface area is 136 Å². The lowest BCUT2D eigenvalue weighted by molar-refractivity contribution is 0.204. The van der Waals surface area contributed by atoms with E-state index in [9.17, 15) is 0 Å². The van der Waals surface area contributed by atoms with Crippen molar-refractivity contribution in [3.63, 3.8) is 0 Å². The number of benzene rings is 2. The van der Waals surface area contributed by atoms with Crippen LogP contribution in [0.1, 0.15) is 11.1 Å². The molecule has 1 heterocycles. The van der Waals surface area contributed by atoms with E-state index in [0.29, 0.717) is 6.61 Å². The Hall–Kier alpha value is -2.19. The van der Waals surface area contributed by atoms with Crippen LogP contribution in [0.3, 0.4) is 0 Å². The molecule has 0 radical (unpaired) electrons. The smallest absolute Gasteiger partial charge is 0.119 e. The average molecular weight is 312 g/mol. The molecule has 0 saturated heterocycles. The minimum atomic E-state index is 0.599. The van der Waals surface area contributed by atoms with Crippen molar-refractivity contribution in [2.75, 3.05) is 6.54 Å². The molecule has 0 unspecified atom stereocenters. The van der Waals surface area contributed by atoms with E-state index >= 15 is 0 Å². The van der Waals surface area contributed by atoms with Gasteiger partial charge in [-0.1, -0.05) is 60.1 Å². The van der Waals surface area contributed by atoms with Crippen LogP contribution in [0.2, 0.25) is 5.02 Å². The third-order valence-corrected chi connectivity index (χ3v) is 3.92. The largest absolute Gasteiger partial charge is 0.489 e. The highest BCUT2D eigenvalue weighted by Gasteiger charge is 2.08. The first-order valence-corrected chi connectivity index (χ1v) is 7.71. The molecule has 0 aromatic heterocycles. The molecule has 2 aromatic rings. The fourth-order valence-corrected chi connectivity index (χ4v) is 2.52. The van der Waals surface area contributed by atoms with Gasteiger partial charge in [-0.3, -0.25) is 0 Å². The van der Waals surface area contributed by atoms with Crippen molar-refractivity contribution in [3.8, 4) is 0 Å². The molecule has 0 spiro atoms. The van der Waals surface area contributed by atoms with Gasteiger partial charge in [-0.05, 0) is 29.3 Å². The molecule has 0 aliphatic carbocycles. The zero-order valence-electron chi connectivity index (χ0n) is 12.3. The fraction of sp³-hybridized carbons (Fsp3) is 0.158. The molecule has 22 heavy (non-hydrogen) atoms. The average Bonchev–Trinajstić information content (AvgIpc) is 2.57. The number of rotatable bonds is 5. The molecule has 112 valence electrons. The van der Waals surface area contributed by atoms with Crippen LogP contribution in [0, 0.1) is 0 Å². The Kier molecular flexibility index (Phi) is 4.81. The minimum Gasteiger partial charge on any atom is -0.489 e.